The standard InChI is InChI=1S/C14H20N4O2/c1-9(2)11(19)8-16-13(20)6-5-12-17-10-4-3-7-15-14(10)18-12/h3-4,7,9,11,19H,5-6,8H2,1-2H3,(H,16,20)(H,15,17,18). The van der Waals surface area contributed by atoms with Gasteiger partial charge >= 0.3 is 0 Å². The lowest BCUT2D eigenvalue weighted by Crippen LogP contribution is -2.34. The van der Waals surface area contributed by atoms with E-state index >= 15 is 0 Å². The number of hydrogen-bond donors (Lipinski definition) is 3. The van der Waals surface area contributed by atoms with Crippen LogP contribution in [-0.2, 0) is 11.2 Å². The lowest BCUT2D eigenvalue weighted by molar-refractivity contribution is -0.121. The molecule has 1 unspecified atom stereocenters. The fourth-order valence-electron chi connectivity index (χ4n) is 1.79. The van der Waals surface area contributed by atoms with E-state index in [1.807, 2.05) is 26.0 Å². The molecule has 3 N–H and O–H groups in total. The van der Waals surface area contributed by atoms with Crippen LogP contribution in [-0.4, -0.2) is 38.6 Å². The lowest BCUT2D eigenvalue weighted by atomic mass is 10.1. The number of carbonyl (C=O) groups is 1. The van der Waals surface area contributed by atoms with E-state index in [0.717, 1.165) is 11.3 Å². The molecular formula is C14H20N4O2. The summed E-state index contributed by atoms with van der Waals surface area (Å²) in [5.41, 5.74) is 1.54. The van der Waals surface area contributed by atoms with Crippen molar-refractivity contribution in [2.24, 2.45) is 5.92 Å². The van der Waals surface area contributed by atoms with Gasteiger partial charge in [0.1, 0.15) is 5.82 Å². The number of nitrogens with zero attached hydrogens (tertiary/aromatic N) is 2. The predicted molar refractivity (Wildman–Crippen MR) is 76.1 cm³/mol. The zero-order chi connectivity index (χ0) is 14.5. The number of carbonyl (C=O) groups excluding carboxylic acids is 1. The van der Waals surface area contributed by atoms with Crippen molar-refractivity contribution in [2.45, 2.75) is 32.8 Å². The van der Waals surface area contributed by atoms with E-state index in [9.17, 15) is 9.90 Å². The van der Waals surface area contributed by atoms with E-state index < -0.39 is 6.10 Å². The molecule has 6 nitrogen and oxygen atoms in total. The number of aliphatic hydroxyl groups excluding tert-OH is 1. The topological polar surface area (TPSA) is 90.9 Å². The van der Waals surface area contributed by atoms with Gasteiger partial charge in [-0.25, -0.2) is 9.97 Å². The van der Waals surface area contributed by atoms with Gasteiger partial charge in [-0.15, -0.1) is 0 Å². The first-order chi connectivity index (χ1) is 9.56. The largest absolute Gasteiger partial charge is 0.391 e. The van der Waals surface area contributed by atoms with Gasteiger partial charge in [-0.1, -0.05) is 13.8 Å². The third-order valence-electron chi connectivity index (χ3n) is 3.17. The summed E-state index contributed by atoms with van der Waals surface area (Å²) in [5.74, 6) is 0.799. The van der Waals surface area contributed by atoms with Crippen LogP contribution in [0.2, 0.25) is 0 Å². The highest BCUT2D eigenvalue weighted by Gasteiger charge is 2.11. The molecule has 2 aromatic rings. The number of aryl methyl sites for hydroxylation is 1. The van der Waals surface area contributed by atoms with E-state index in [2.05, 4.69) is 20.3 Å². The van der Waals surface area contributed by atoms with Gasteiger partial charge in [-0.3, -0.25) is 4.79 Å². The molecule has 1 amide bonds. The van der Waals surface area contributed by atoms with Gasteiger partial charge in [0.25, 0.3) is 0 Å². The smallest absolute Gasteiger partial charge is 0.220 e. The molecule has 108 valence electrons. The SMILES string of the molecule is CC(C)C(O)CNC(=O)CCc1nc2ncccc2[nH]1. The van der Waals surface area contributed by atoms with E-state index in [1.165, 1.54) is 0 Å². The van der Waals surface area contributed by atoms with Crippen molar-refractivity contribution >= 4 is 17.1 Å². The molecular weight excluding hydrogens is 256 g/mol. The molecule has 20 heavy (non-hydrogen) atoms. The number of hydrogen-bond acceptors (Lipinski definition) is 4. The number of aliphatic hydroxyl groups is 1. The highest BCUT2D eigenvalue weighted by atomic mass is 16.3. The Morgan fingerprint density at radius 3 is 3.00 bits per heavy atom. The molecule has 0 saturated carbocycles. The zero-order valence-electron chi connectivity index (χ0n) is 11.8. The molecule has 6 heteroatoms. The van der Waals surface area contributed by atoms with Crippen molar-refractivity contribution in [2.75, 3.05) is 6.54 Å². The quantitative estimate of drug-likeness (QED) is 0.734. The molecule has 2 heterocycles. The van der Waals surface area contributed by atoms with Crippen molar-refractivity contribution in [3.05, 3.63) is 24.2 Å². The Hall–Kier alpha value is -1.95. The van der Waals surface area contributed by atoms with Gasteiger partial charge < -0.3 is 15.4 Å². The molecule has 0 aliphatic carbocycles. The number of rotatable bonds is 6. The van der Waals surface area contributed by atoms with Crippen LogP contribution in [0.15, 0.2) is 18.3 Å². The van der Waals surface area contributed by atoms with Gasteiger partial charge in [-0.2, -0.15) is 0 Å². The number of H-pyrrole nitrogens is 1. The number of aromatic nitrogens is 3. The molecule has 2 aromatic heterocycles. The van der Waals surface area contributed by atoms with Crippen molar-refractivity contribution in [3.63, 3.8) is 0 Å². The van der Waals surface area contributed by atoms with Gasteiger partial charge in [0.15, 0.2) is 5.65 Å². The van der Waals surface area contributed by atoms with Gasteiger partial charge in [0.05, 0.1) is 11.6 Å². The maximum absolute atomic E-state index is 11.7. The first-order valence-electron chi connectivity index (χ1n) is 6.80. The van der Waals surface area contributed by atoms with Crippen LogP contribution in [0.1, 0.15) is 26.1 Å². The van der Waals surface area contributed by atoms with Crippen LogP contribution in [0, 0.1) is 5.92 Å². The minimum absolute atomic E-state index is 0.0851. The van der Waals surface area contributed by atoms with Crippen LogP contribution < -0.4 is 5.32 Å². The minimum Gasteiger partial charge on any atom is -0.391 e. The molecule has 0 bridgehead atoms. The van der Waals surface area contributed by atoms with Crippen LogP contribution in [0.25, 0.3) is 11.2 Å². The van der Waals surface area contributed by atoms with E-state index in [0.29, 0.717) is 18.5 Å². The van der Waals surface area contributed by atoms with Gasteiger partial charge in [-0.05, 0) is 18.1 Å². The maximum atomic E-state index is 11.7. The number of nitrogens with one attached hydrogen (secondary N) is 2. The molecule has 2 rings (SSSR count). The van der Waals surface area contributed by atoms with Gasteiger partial charge in [0.2, 0.25) is 5.91 Å². The Morgan fingerprint density at radius 2 is 2.30 bits per heavy atom. The Labute approximate surface area is 117 Å². The van der Waals surface area contributed by atoms with E-state index in [4.69, 9.17) is 0 Å². The average molecular weight is 276 g/mol. The summed E-state index contributed by atoms with van der Waals surface area (Å²) in [6, 6.07) is 3.74. The summed E-state index contributed by atoms with van der Waals surface area (Å²) in [6.45, 7) is 4.12. The second kappa shape index (κ2) is 6.47. The number of fused-ring (bicyclic) bond motifs is 1. The van der Waals surface area contributed by atoms with Gasteiger partial charge in [0, 0.05) is 25.6 Å². The molecule has 0 spiro atoms. The summed E-state index contributed by atoms with van der Waals surface area (Å²) >= 11 is 0. The van der Waals surface area contributed by atoms with Crippen molar-refractivity contribution in [1.82, 2.24) is 20.3 Å². The van der Waals surface area contributed by atoms with Crippen molar-refractivity contribution < 1.29 is 9.90 Å². The first kappa shape index (κ1) is 14.5. The predicted octanol–water partition coefficient (Wildman–Crippen LogP) is 1.02. The third-order valence-corrected chi connectivity index (χ3v) is 3.17. The third kappa shape index (κ3) is 3.77. The highest BCUT2D eigenvalue weighted by molar-refractivity contribution is 5.76. The molecule has 0 radical (unpaired) electrons. The summed E-state index contributed by atoms with van der Waals surface area (Å²) < 4.78 is 0. The molecule has 1 atom stereocenters. The second-order valence-electron chi connectivity index (χ2n) is 5.17. The van der Waals surface area contributed by atoms with E-state index in [-0.39, 0.29) is 18.4 Å². The summed E-state index contributed by atoms with van der Waals surface area (Å²) in [6.07, 6.45) is 2.05. The lowest BCUT2D eigenvalue weighted by Gasteiger charge is -2.14. The number of pyridine rings is 1. The average Bonchev–Trinajstić information content (AvgIpc) is 2.85. The van der Waals surface area contributed by atoms with Crippen LogP contribution in [0.3, 0.4) is 0 Å². The summed E-state index contributed by atoms with van der Waals surface area (Å²) in [7, 11) is 0. The van der Waals surface area contributed by atoms with Crippen LogP contribution >= 0.6 is 0 Å². The van der Waals surface area contributed by atoms with Crippen molar-refractivity contribution in [3.8, 4) is 0 Å². The Kier molecular flexibility index (Phi) is 4.68. The fourth-order valence-corrected chi connectivity index (χ4v) is 1.79. The van der Waals surface area contributed by atoms with Crippen LogP contribution in [0.4, 0.5) is 0 Å². The number of imidazole rings is 1. The minimum atomic E-state index is -0.505. The maximum Gasteiger partial charge on any atom is 0.220 e. The second-order valence-corrected chi connectivity index (χ2v) is 5.17. The number of amides is 1. The Morgan fingerprint density at radius 1 is 1.50 bits per heavy atom. The molecule has 0 aliphatic rings. The Bertz CT molecular complexity index is 546. The first-order valence-corrected chi connectivity index (χ1v) is 6.80. The molecule has 0 aromatic carbocycles. The normalized spacial score (nSPS) is 12.8. The molecule has 0 saturated heterocycles. The molecule has 0 fully saturated rings. The highest BCUT2D eigenvalue weighted by Crippen LogP contribution is 2.08. The summed E-state index contributed by atoms with van der Waals surface area (Å²) in [4.78, 5) is 23.3. The Balaban J connectivity index is 1.81. The summed E-state index contributed by atoms with van der Waals surface area (Å²) in [5, 5.41) is 12.3. The number of aromatic amines is 1. The van der Waals surface area contributed by atoms with Crippen molar-refractivity contribution in [1.29, 1.82) is 0 Å². The fraction of sp³-hybridized carbons (Fsp3) is 0.500. The molecule has 0 aliphatic heterocycles. The van der Waals surface area contributed by atoms with Crippen LogP contribution in [0.5, 0.6) is 0 Å². The van der Waals surface area contributed by atoms with E-state index in [1.54, 1.807) is 6.20 Å². The zero-order valence-corrected chi connectivity index (χ0v) is 11.8. The monoisotopic (exact) mass is 276 g/mol.